The van der Waals surface area contributed by atoms with Crippen molar-refractivity contribution in [3.05, 3.63) is 24.2 Å². The Hall–Kier alpha value is -2.15. The maximum atomic E-state index is 11.9. The fourth-order valence-corrected chi connectivity index (χ4v) is 2.04. The molecule has 0 aromatic carbocycles. The fraction of sp³-hybridized carbons (Fsp3) is 0.438. The van der Waals surface area contributed by atoms with Crippen molar-refractivity contribution < 1.29 is 9.21 Å². The smallest absolute Gasteiger partial charge is 0.265 e. The molecule has 0 fully saturated rings. The summed E-state index contributed by atoms with van der Waals surface area (Å²) in [5.41, 5.74) is 1.05. The van der Waals surface area contributed by atoms with Crippen LogP contribution in [-0.2, 0) is 0 Å². The van der Waals surface area contributed by atoms with E-state index < -0.39 is 0 Å². The molecule has 0 aliphatic heterocycles. The Morgan fingerprint density at radius 3 is 2.85 bits per heavy atom. The molecular formula is C16H18N2O2. The first-order valence-electron chi connectivity index (χ1n) is 6.99. The molecule has 0 radical (unpaired) electrons. The zero-order chi connectivity index (χ0) is 14.2. The normalized spacial score (nSPS) is 10.6. The van der Waals surface area contributed by atoms with Crippen LogP contribution in [0, 0.1) is 12.3 Å². The van der Waals surface area contributed by atoms with Crippen LogP contribution >= 0.6 is 0 Å². The predicted molar refractivity (Wildman–Crippen MR) is 77.3 cm³/mol. The molecule has 0 bridgehead atoms. The first kappa shape index (κ1) is 14.3. The Morgan fingerprint density at radius 1 is 1.25 bits per heavy atom. The molecule has 0 aliphatic rings. The topological polar surface area (TPSA) is 56.0 Å². The molecule has 0 amide bonds. The molecule has 0 saturated carbocycles. The molecule has 0 unspecified atom stereocenters. The van der Waals surface area contributed by atoms with Gasteiger partial charge in [0.15, 0.2) is 11.2 Å². The molecule has 2 aromatic heterocycles. The van der Waals surface area contributed by atoms with E-state index in [0.29, 0.717) is 17.7 Å². The minimum Gasteiger partial charge on any atom is -0.432 e. The van der Waals surface area contributed by atoms with E-state index in [4.69, 9.17) is 10.8 Å². The molecule has 104 valence electrons. The average molecular weight is 270 g/mol. The van der Waals surface area contributed by atoms with Gasteiger partial charge in [0.2, 0.25) is 5.78 Å². The van der Waals surface area contributed by atoms with Gasteiger partial charge >= 0.3 is 0 Å². The van der Waals surface area contributed by atoms with Crippen LogP contribution in [0.2, 0.25) is 0 Å². The number of ketones is 1. The lowest BCUT2D eigenvalue weighted by atomic mass is 10.1. The number of pyridine rings is 1. The highest BCUT2D eigenvalue weighted by atomic mass is 16.4. The van der Waals surface area contributed by atoms with Crippen molar-refractivity contribution in [3.8, 4) is 12.3 Å². The molecule has 2 heterocycles. The summed E-state index contributed by atoms with van der Waals surface area (Å²) >= 11 is 0. The van der Waals surface area contributed by atoms with Gasteiger partial charge in [0, 0.05) is 19.0 Å². The Balaban J connectivity index is 1.73. The summed E-state index contributed by atoms with van der Waals surface area (Å²) < 4.78 is 5.39. The van der Waals surface area contributed by atoms with Crippen LogP contribution in [-0.4, -0.2) is 15.8 Å². The number of Topliss-reactive ketones (excluding diaryl/α,β-unsaturated/α-hetero) is 1. The standard InChI is InChI=1S/C16H18N2O2/c1-2-3-4-5-6-7-8-10-13(19)16-18-15-14(20-16)11-9-12-17-15/h1,9,11-12H,3-8,10H2. The quantitative estimate of drug-likeness (QED) is 0.416. The van der Waals surface area contributed by atoms with Crippen molar-refractivity contribution in [2.75, 3.05) is 0 Å². The molecule has 2 aromatic rings. The summed E-state index contributed by atoms with van der Waals surface area (Å²) in [6, 6.07) is 3.52. The first-order chi connectivity index (χ1) is 9.81. The lowest BCUT2D eigenvalue weighted by Gasteiger charge is -1.98. The van der Waals surface area contributed by atoms with Gasteiger partial charge in [-0.05, 0) is 25.0 Å². The van der Waals surface area contributed by atoms with Gasteiger partial charge in [-0.2, -0.15) is 4.98 Å². The van der Waals surface area contributed by atoms with Crippen molar-refractivity contribution >= 4 is 17.0 Å². The second-order valence-electron chi connectivity index (χ2n) is 4.74. The van der Waals surface area contributed by atoms with E-state index in [1.807, 2.05) is 0 Å². The summed E-state index contributed by atoms with van der Waals surface area (Å²) in [6.07, 6.45) is 13.4. The van der Waals surface area contributed by atoms with Gasteiger partial charge in [-0.25, -0.2) is 4.98 Å². The summed E-state index contributed by atoms with van der Waals surface area (Å²) in [5.74, 6) is 2.75. The first-order valence-corrected chi connectivity index (χ1v) is 6.99. The molecule has 0 aliphatic carbocycles. The Morgan fingerprint density at radius 2 is 2.05 bits per heavy atom. The van der Waals surface area contributed by atoms with Gasteiger partial charge < -0.3 is 4.42 Å². The number of terminal acetylenes is 1. The monoisotopic (exact) mass is 270 g/mol. The highest BCUT2D eigenvalue weighted by molar-refractivity contribution is 5.93. The van der Waals surface area contributed by atoms with Crippen molar-refractivity contribution in [2.24, 2.45) is 0 Å². The third-order valence-electron chi connectivity index (χ3n) is 3.13. The third-order valence-corrected chi connectivity index (χ3v) is 3.13. The number of carbonyl (C=O) groups excluding carboxylic acids is 1. The van der Waals surface area contributed by atoms with E-state index in [2.05, 4.69) is 15.9 Å². The van der Waals surface area contributed by atoms with Gasteiger partial charge in [-0.3, -0.25) is 4.79 Å². The second-order valence-corrected chi connectivity index (χ2v) is 4.74. The zero-order valence-electron chi connectivity index (χ0n) is 11.5. The number of oxazole rings is 1. The summed E-state index contributed by atoms with van der Waals surface area (Å²) in [4.78, 5) is 20.1. The Kier molecular flexibility index (Phi) is 5.31. The summed E-state index contributed by atoms with van der Waals surface area (Å²) in [5, 5.41) is 0. The summed E-state index contributed by atoms with van der Waals surface area (Å²) in [7, 11) is 0. The molecule has 4 heteroatoms. The van der Waals surface area contributed by atoms with Gasteiger partial charge in [0.1, 0.15) is 0 Å². The average Bonchev–Trinajstić information content (AvgIpc) is 2.90. The molecule has 0 saturated heterocycles. The van der Waals surface area contributed by atoms with E-state index in [0.717, 1.165) is 38.5 Å². The maximum absolute atomic E-state index is 11.9. The number of nitrogens with zero attached hydrogens (tertiary/aromatic N) is 2. The van der Waals surface area contributed by atoms with E-state index in [9.17, 15) is 4.79 Å². The van der Waals surface area contributed by atoms with Gasteiger partial charge in [-0.15, -0.1) is 12.3 Å². The van der Waals surface area contributed by atoms with Crippen molar-refractivity contribution in [3.63, 3.8) is 0 Å². The highest BCUT2D eigenvalue weighted by Crippen LogP contribution is 2.15. The van der Waals surface area contributed by atoms with Crippen LogP contribution < -0.4 is 0 Å². The van der Waals surface area contributed by atoms with E-state index >= 15 is 0 Å². The zero-order valence-corrected chi connectivity index (χ0v) is 11.5. The van der Waals surface area contributed by atoms with Crippen LogP contribution in [0.4, 0.5) is 0 Å². The highest BCUT2D eigenvalue weighted by Gasteiger charge is 2.14. The van der Waals surface area contributed by atoms with E-state index in [-0.39, 0.29) is 11.7 Å². The van der Waals surface area contributed by atoms with Crippen LogP contribution in [0.3, 0.4) is 0 Å². The molecule has 4 nitrogen and oxygen atoms in total. The van der Waals surface area contributed by atoms with Crippen LogP contribution in [0.5, 0.6) is 0 Å². The van der Waals surface area contributed by atoms with E-state index in [1.165, 1.54) is 0 Å². The molecule has 2 rings (SSSR count). The van der Waals surface area contributed by atoms with Crippen molar-refractivity contribution in [1.29, 1.82) is 0 Å². The number of aromatic nitrogens is 2. The number of unbranched alkanes of at least 4 members (excludes halogenated alkanes) is 5. The Labute approximate surface area is 118 Å². The van der Waals surface area contributed by atoms with Gasteiger partial charge in [0.25, 0.3) is 5.89 Å². The minimum atomic E-state index is -0.0494. The number of fused-ring (bicyclic) bond motifs is 1. The van der Waals surface area contributed by atoms with Crippen molar-refractivity contribution in [2.45, 2.75) is 44.9 Å². The van der Waals surface area contributed by atoms with Crippen LogP contribution in [0.1, 0.15) is 55.6 Å². The lowest BCUT2D eigenvalue weighted by molar-refractivity contribution is 0.0947. The number of hydrogen-bond donors (Lipinski definition) is 0. The maximum Gasteiger partial charge on any atom is 0.265 e. The SMILES string of the molecule is C#CCCCCCCCC(=O)c1nc2ncccc2o1. The molecule has 0 spiro atoms. The van der Waals surface area contributed by atoms with Gasteiger partial charge in [0.05, 0.1) is 0 Å². The number of hydrogen-bond acceptors (Lipinski definition) is 4. The van der Waals surface area contributed by atoms with Crippen LogP contribution in [0.25, 0.3) is 11.2 Å². The second kappa shape index (κ2) is 7.44. The molecular weight excluding hydrogens is 252 g/mol. The largest absolute Gasteiger partial charge is 0.432 e. The predicted octanol–water partition coefficient (Wildman–Crippen LogP) is 3.77. The lowest BCUT2D eigenvalue weighted by Crippen LogP contribution is -1.99. The van der Waals surface area contributed by atoms with E-state index in [1.54, 1.807) is 18.3 Å². The van der Waals surface area contributed by atoms with Crippen LogP contribution in [0.15, 0.2) is 22.7 Å². The Bertz CT molecular complexity index is 577. The summed E-state index contributed by atoms with van der Waals surface area (Å²) in [6.45, 7) is 0. The third kappa shape index (κ3) is 3.92. The molecule has 0 N–H and O–H groups in total. The fourth-order valence-electron chi connectivity index (χ4n) is 2.04. The van der Waals surface area contributed by atoms with Gasteiger partial charge in [-0.1, -0.05) is 19.3 Å². The molecule has 20 heavy (non-hydrogen) atoms. The van der Waals surface area contributed by atoms with Crippen molar-refractivity contribution in [1.82, 2.24) is 9.97 Å². The number of carbonyl (C=O) groups is 1. The molecule has 0 atom stereocenters. The number of rotatable bonds is 8. The minimum absolute atomic E-state index is 0.0494.